The van der Waals surface area contributed by atoms with Crippen LogP contribution in [0.3, 0.4) is 0 Å². The van der Waals surface area contributed by atoms with Gasteiger partial charge < -0.3 is 16.2 Å². The molecule has 0 aliphatic heterocycles. The molecule has 7 nitrogen and oxygen atoms in total. The Morgan fingerprint density at radius 1 is 1.29 bits per heavy atom. The van der Waals surface area contributed by atoms with Gasteiger partial charge in [0.2, 0.25) is 15.9 Å². The Morgan fingerprint density at radius 2 is 1.96 bits per heavy atom. The summed E-state index contributed by atoms with van der Waals surface area (Å²) >= 11 is 5.77. The number of rotatable bonds is 10. The van der Waals surface area contributed by atoms with E-state index in [4.69, 9.17) is 17.3 Å². The molecule has 28 heavy (non-hydrogen) atoms. The van der Waals surface area contributed by atoms with Crippen LogP contribution >= 0.6 is 11.6 Å². The summed E-state index contributed by atoms with van der Waals surface area (Å²) in [5.41, 5.74) is 5.45. The Labute approximate surface area is 169 Å². The number of halogens is 2. The number of carbonyl (C=O) groups excluding carboxylic acids is 1. The summed E-state index contributed by atoms with van der Waals surface area (Å²) in [4.78, 5) is 11.4. The van der Waals surface area contributed by atoms with E-state index in [0.29, 0.717) is 12.3 Å². The van der Waals surface area contributed by atoms with Gasteiger partial charge in [0.05, 0.1) is 17.2 Å². The number of sulfonamides is 1. The molecule has 158 valence electrons. The highest BCUT2D eigenvalue weighted by molar-refractivity contribution is 7.89. The van der Waals surface area contributed by atoms with Gasteiger partial charge in [-0.15, -0.1) is 0 Å². The Bertz CT molecular complexity index is 772. The number of carbonyl (C=O) groups is 1. The van der Waals surface area contributed by atoms with Gasteiger partial charge in [-0.25, -0.2) is 17.5 Å². The highest BCUT2D eigenvalue weighted by Crippen LogP contribution is 2.27. The maximum Gasteiger partial charge on any atom is 0.242 e. The first kappa shape index (κ1) is 23.0. The second-order valence-electron chi connectivity index (χ2n) is 7.18. The van der Waals surface area contributed by atoms with Gasteiger partial charge in [0, 0.05) is 13.1 Å². The monoisotopic (exact) mass is 435 g/mol. The molecule has 5 N–H and O–H groups in total. The van der Waals surface area contributed by atoms with E-state index in [1.54, 1.807) is 0 Å². The van der Waals surface area contributed by atoms with Crippen LogP contribution in [0.25, 0.3) is 0 Å². The third-order valence-electron chi connectivity index (χ3n) is 4.93. The lowest BCUT2D eigenvalue weighted by Crippen LogP contribution is -2.47. The largest absolute Gasteiger partial charge is 0.390 e. The second-order valence-corrected chi connectivity index (χ2v) is 9.33. The molecule has 1 aromatic rings. The summed E-state index contributed by atoms with van der Waals surface area (Å²) in [5.74, 6) is -0.713. The normalized spacial score (nSPS) is 18.0. The molecule has 0 unspecified atom stereocenters. The quantitative estimate of drug-likeness (QED) is 0.444. The van der Waals surface area contributed by atoms with Gasteiger partial charge in [0.1, 0.15) is 10.7 Å². The van der Waals surface area contributed by atoms with E-state index in [9.17, 15) is 22.7 Å². The molecule has 1 fully saturated rings. The molecule has 0 aromatic heterocycles. The number of primary amides is 1. The zero-order chi connectivity index (χ0) is 20.7. The van der Waals surface area contributed by atoms with Crippen LogP contribution in [0.2, 0.25) is 5.02 Å². The molecular weight excluding hydrogens is 409 g/mol. The average Bonchev–Trinajstić information content (AvgIpc) is 2.63. The maximum atomic E-state index is 13.1. The van der Waals surface area contributed by atoms with Gasteiger partial charge in [-0.1, -0.05) is 43.7 Å². The van der Waals surface area contributed by atoms with E-state index in [2.05, 4.69) is 10.0 Å². The van der Waals surface area contributed by atoms with Crippen molar-refractivity contribution in [1.29, 1.82) is 0 Å². The first-order valence-electron chi connectivity index (χ1n) is 9.34. The van der Waals surface area contributed by atoms with Crippen molar-refractivity contribution in [2.45, 2.75) is 55.6 Å². The molecule has 0 bridgehead atoms. The van der Waals surface area contributed by atoms with Gasteiger partial charge in [-0.2, -0.15) is 0 Å². The highest BCUT2D eigenvalue weighted by atomic mass is 35.5. The molecule has 0 radical (unpaired) electrons. The number of benzene rings is 1. The van der Waals surface area contributed by atoms with E-state index in [0.717, 1.165) is 43.9 Å². The molecule has 1 aliphatic carbocycles. The molecule has 2 atom stereocenters. The van der Waals surface area contributed by atoms with Crippen LogP contribution in [0.4, 0.5) is 4.39 Å². The van der Waals surface area contributed by atoms with Gasteiger partial charge in [-0.3, -0.25) is 4.79 Å². The smallest absolute Gasteiger partial charge is 0.242 e. The number of nitrogens with two attached hydrogens (primary N) is 1. The molecule has 1 amide bonds. The topological polar surface area (TPSA) is 122 Å². The van der Waals surface area contributed by atoms with Crippen LogP contribution in [0.5, 0.6) is 0 Å². The van der Waals surface area contributed by atoms with Crippen LogP contribution in [0, 0.1) is 11.7 Å². The molecular formula is C18H27ClFN3O4S. The van der Waals surface area contributed by atoms with E-state index >= 15 is 0 Å². The zero-order valence-electron chi connectivity index (χ0n) is 15.5. The lowest BCUT2D eigenvalue weighted by molar-refractivity contribution is -0.120. The number of aliphatic hydroxyl groups is 1. The fraction of sp³-hybridized carbons (Fsp3) is 0.611. The Kier molecular flexibility index (Phi) is 8.63. The molecule has 1 aliphatic rings. The van der Waals surface area contributed by atoms with Gasteiger partial charge in [0.25, 0.3) is 0 Å². The molecule has 0 heterocycles. The highest BCUT2D eigenvalue weighted by Gasteiger charge is 2.24. The summed E-state index contributed by atoms with van der Waals surface area (Å²) in [6, 6.07) is 2.37. The predicted molar refractivity (Wildman–Crippen MR) is 105 cm³/mol. The van der Waals surface area contributed by atoms with E-state index in [1.807, 2.05) is 0 Å². The minimum atomic E-state index is -4.01. The molecule has 0 saturated heterocycles. The van der Waals surface area contributed by atoms with Gasteiger partial charge in [-0.05, 0) is 30.5 Å². The average molecular weight is 436 g/mol. The number of hydrogen-bond acceptors (Lipinski definition) is 5. The van der Waals surface area contributed by atoms with E-state index < -0.39 is 33.9 Å². The van der Waals surface area contributed by atoms with E-state index in [-0.39, 0.29) is 23.0 Å². The van der Waals surface area contributed by atoms with Crippen LogP contribution in [0.1, 0.15) is 38.5 Å². The van der Waals surface area contributed by atoms with Crippen molar-refractivity contribution in [3.63, 3.8) is 0 Å². The molecule has 1 aromatic carbocycles. The summed E-state index contributed by atoms with van der Waals surface area (Å²) in [5, 5.41) is 12.8. The first-order chi connectivity index (χ1) is 13.2. The molecule has 0 spiro atoms. The number of hydrogen-bond donors (Lipinski definition) is 4. The Hall–Kier alpha value is -1.26. The van der Waals surface area contributed by atoms with Crippen molar-refractivity contribution in [3.8, 4) is 0 Å². The maximum absolute atomic E-state index is 13.1. The Balaban J connectivity index is 1.84. The standard InChI is InChI=1S/C18H27ClFN3O4S/c19-15-9-13(20)6-7-17(15)28(26,27)23-11-14(24)10-22-16(18(21)25)8-12-4-2-1-3-5-12/h6-7,9,12,14,16,22-24H,1-5,8,10-11H2,(H2,21,25)/t14-,16+/m1/s1. The van der Waals surface area contributed by atoms with Crippen LogP contribution in [-0.4, -0.2) is 44.7 Å². The van der Waals surface area contributed by atoms with Gasteiger partial charge in [0.15, 0.2) is 0 Å². The van der Waals surface area contributed by atoms with Crippen LogP contribution < -0.4 is 15.8 Å². The fourth-order valence-electron chi connectivity index (χ4n) is 3.38. The lowest BCUT2D eigenvalue weighted by atomic mass is 9.84. The number of nitrogens with one attached hydrogen (secondary N) is 2. The van der Waals surface area contributed by atoms with E-state index in [1.165, 1.54) is 6.42 Å². The number of aliphatic hydroxyl groups excluding tert-OH is 1. The van der Waals surface area contributed by atoms with Crippen molar-refractivity contribution in [1.82, 2.24) is 10.0 Å². The summed E-state index contributed by atoms with van der Waals surface area (Å²) in [6.45, 7) is -0.294. The second kappa shape index (κ2) is 10.5. The minimum Gasteiger partial charge on any atom is -0.390 e. The predicted octanol–water partition coefficient (Wildman–Crippen LogP) is 1.53. The SMILES string of the molecule is NC(=O)[C@H](CC1CCCCC1)NC[C@@H](O)CNS(=O)(=O)c1ccc(F)cc1Cl. The molecule has 10 heteroatoms. The fourth-order valence-corrected chi connectivity index (χ4v) is 4.99. The van der Waals surface area contributed by atoms with Crippen molar-refractivity contribution < 1.29 is 22.7 Å². The third kappa shape index (κ3) is 6.97. The van der Waals surface area contributed by atoms with Crippen molar-refractivity contribution in [3.05, 3.63) is 29.0 Å². The third-order valence-corrected chi connectivity index (χ3v) is 6.84. The molecule has 1 saturated carbocycles. The number of amides is 1. The minimum absolute atomic E-state index is 0.00000333. The first-order valence-corrected chi connectivity index (χ1v) is 11.2. The summed E-state index contributed by atoms with van der Waals surface area (Å²) in [6.07, 6.45) is 5.15. The van der Waals surface area contributed by atoms with Gasteiger partial charge >= 0.3 is 0 Å². The Morgan fingerprint density at radius 3 is 2.57 bits per heavy atom. The zero-order valence-corrected chi connectivity index (χ0v) is 17.1. The lowest BCUT2D eigenvalue weighted by Gasteiger charge is -2.26. The molecule has 2 rings (SSSR count). The van der Waals surface area contributed by atoms with Crippen molar-refractivity contribution in [2.75, 3.05) is 13.1 Å². The summed E-state index contributed by atoms with van der Waals surface area (Å²) in [7, 11) is -4.01. The summed E-state index contributed by atoms with van der Waals surface area (Å²) < 4.78 is 39.8. The van der Waals surface area contributed by atoms with Crippen molar-refractivity contribution in [2.24, 2.45) is 11.7 Å². The van der Waals surface area contributed by atoms with Crippen LogP contribution in [-0.2, 0) is 14.8 Å². The van der Waals surface area contributed by atoms with Crippen molar-refractivity contribution >= 4 is 27.5 Å². The van der Waals surface area contributed by atoms with Crippen LogP contribution in [0.15, 0.2) is 23.1 Å².